The lowest BCUT2D eigenvalue weighted by atomic mass is 9.88. The van der Waals surface area contributed by atoms with Crippen molar-refractivity contribution in [3.63, 3.8) is 0 Å². The van der Waals surface area contributed by atoms with Crippen LogP contribution in [0.2, 0.25) is 0 Å². The fraction of sp³-hybridized carbons (Fsp3) is 0.409. The molecule has 0 bridgehead atoms. The standard InChI is InChI=1S/C22H27NO3/c1-22(2,3)23-13-18(19(14-23)21(24)25)17-11-7-8-12-20(17)26-15-16-9-5-4-6-10-16/h4-12,18-19H,13-15H2,1-3H3,(H,24,25)/t18-,19+/m0/s1. The number of hydrogen-bond acceptors (Lipinski definition) is 3. The summed E-state index contributed by atoms with van der Waals surface area (Å²) in [5, 5.41) is 9.76. The summed E-state index contributed by atoms with van der Waals surface area (Å²) in [7, 11) is 0. The van der Waals surface area contributed by atoms with Gasteiger partial charge in [0.05, 0.1) is 5.92 Å². The Morgan fingerprint density at radius 2 is 1.73 bits per heavy atom. The molecule has 0 aromatic heterocycles. The summed E-state index contributed by atoms with van der Waals surface area (Å²) >= 11 is 0. The van der Waals surface area contributed by atoms with Crippen molar-refractivity contribution in [1.29, 1.82) is 0 Å². The van der Waals surface area contributed by atoms with Crippen molar-refractivity contribution in [2.24, 2.45) is 5.92 Å². The highest BCUT2D eigenvalue weighted by molar-refractivity contribution is 5.72. The monoisotopic (exact) mass is 353 g/mol. The SMILES string of the molecule is CC(C)(C)N1C[C@@H](C(=O)O)[C@H](c2ccccc2OCc2ccccc2)C1. The van der Waals surface area contributed by atoms with Gasteiger partial charge in [0.2, 0.25) is 0 Å². The van der Waals surface area contributed by atoms with Gasteiger partial charge in [0.15, 0.2) is 0 Å². The molecule has 0 amide bonds. The number of rotatable bonds is 5. The zero-order valence-electron chi connectivity index (χ0n) is 15.7. The second-order valence-electron chi connectivity index (χ2n) is 7.94. The highest BCUT2D eigenvalue weighted by Gasteiger charge is 2.43. The summed E-state index contributed by atoms with van der Waals surface area (Å²) in [6.07, 6.45) is 0. The first-order valence-corrected chi connectivity index (χ1v) is 9.10. The number of para-hydroxylation sites is 1. The lowest BCUT2D eigenvalue weighted by Crippen LogP contribution is -2.40. The summed E-state index contributed by atoms with van der Waals surface area (Å²) in [6.45, 7) is 8.16. The lowest BCUT2D eigenvalue weighted by Gasteiger charge is -2.31. The second-order valence-corrected chi connectivity index (χ2v) is 7.94. The Bertz CT molecular complexity index is 751. The van der Waals surface area contributed by atoms with E-state index in [1.165, 1.54) is 0 Å². The summed E-state index contributed by atoms with van der Waals surface area (Å²) in [4.78, 5) is 14.1. The third-order valence-electron chi connectivity index (χ3n) is 5.14. The molecule has 1 fully saturated rings. The van der Waals surface area contributed by atoms with Gasteiger partial charge in [0, 0.05) is 24.5 Å². The molecule has 2 aromatic rings. The molecule has 1 N–H and O–H groups in total. The Morgan fingerprint density at radius 1 is 1.08 bits per heavy atom. The molecule has 4 nitrogen and oxygen atoms in total. The molecule has 2 aromatic carbocycles. The first-order valence-electron chi connectivity index (χ1n) is 9.10. The topological polar surface area (TPSA) is 49.8 Å². The minimum absolute atomic E-state index is 0.0533. The van der Waals surface area contributed by atoms with E-state index in [1.54, 1.807) is 0 Å². The maximum Gasteiger partial charge on any atom is 0.308 e. The van der Waals surface area contributed by atoms with Gasteiger partial charge in [-0.3, -0.25) is 9.69 Å². The van der Waals surface area contributed by atoms with E-state index in [1.807, 2.05) is 54.6 Å². The molecular weight excluding hydrogens is 326 g/mol. The van der Waals surface area contributed by atoms with Crippen molar-refractivity contribution in [2.75, 3.05) is 13.1 Å². The van der Waals surface area contributed by atoms with E-state index < -0.39 is 11.9 Å². The largest absolute Gasteiger partial charge is 0.489 e. The second kappa shape index (κ2) is 7.50. The molecule has 1 aliphatic heterocycles. The quantitative estimate of drug-likeness (QED) is 0.877. The molecule has 0 saturated carbocycles. The first-order chi connectivity index (χ1) is 12.4. The minimum Gasteiger partial charge on any atom is -0.489 e. The molecule has 4 heteroatoms. The highest BCUT2D eigenvalue weighted by atomic mass is 16.5. The number of nitrogens with zero attached hydrogens (tertiary/aromatic N) is 1. The molecule has 1 aliphatic rings. The first kappa shape index (κ1) is 18.5. The fourth-order valence-electron chi connectivity index (χ4n) is 3.57. The van der Waals surface area contributed by atoms with Crippen LogP contribution in [0.25, 0.3) is 0 Å². The highest BCUT2D eigenvalue weighted by Crippen LogP contribution is 2.40. The lowest BCUT2D eigenvalue weighted by molar-refractivity contribution is -0.141. The molecule has 138 valence electrons. The maximum atomic E-state index is 11.9. The van der Waals surface area contributed by atoms with Gasteiger partial charge in [0.25, 0.3) is 0 Å². The van der Waals surface area contributed by atoms with Crippen LogP contribution in [0.3, 0.4) is 0 Å². The average molecular weight is 353 g/mol. The molecule has 26 heavy (non-hydrogen) atoms. The van der Waals surface area contributed by atoms with Gasteiger partial charge in [0.1, 0.15) is 12.4 Å². The van der Waals surface area contributed by atoms with Crippen LogP contribution in [0.15, 0.2) is 54.6 Å². The van der Waals surface area contributed by atoms with Crippen LogP contribution < -0.4 is 4.74 Å². The maximum absolute atomic E-state index is 11.9. The van der Waals surface area contributed by atoms with E-state index in [2.05, 4.69) is 25.7 Å². The molecule has 2 atom stereocenters. The summed E-state index contributed by atoms with van der Waals surface area (Å²) < 4.78 is 6.07. The number of aliphatic carboxylic acids is 1. The molecule has 0 aliphatic carbocycles. The number of carbonyl (C=O) groups is 1. The van der Waals surface area contributed by atoms with Crippen LogP contribution in [-0.2, 0) is 11.4 Å². The van der Waals surface area contributed by atoms with E-state index in [0.717, 1.165) is 23.4 Å². The molecule has 3 rings (SSSR count). The Balaban J connectivity index is 1.84. The van der Waals surface area contributed by atoms with E-state index in [0.29, 0.717) is 13.2 Å². The summed E-state index contributed by atoms with van der Waals surface area (Å²) in [6, 6.07) is 17.9. The molecule has 0 spiro atoms. The Kier molecular flexibility index (Phi) is 5.33. The Hall–Kier alpha value is -2.33. The van der Waals surface area contributed by atoms with Gasteiger partial charge < -0.3 is 9.84 Å². The van der Waals surface area contributed by atoms with Crippen molar-refractivity contribution < 1.29 is 14.6 Å². The smallest absolute Gasteiger partial charge is 0.308 e. The third kappa shape index (κ3) is 4.07. The van der Waals surface area contributed by atoms with Crippen LogP contribution >= 0.6 is 0 Å². The van der Waals surface area contributed by atoms with Gasteiger partial charge in [-0.1, -0.05) is 48.5 Å². The number of likely N-dealkylation sites (tertiary alicyclic amines) is 1. The number of ether oxygens (including phenoxy) is 1. The minimum atomic E-state index is -0.736. The van der Waals surface area contributed by atoms with Crippen molar-refractivity contribution in [1.82, 2.24) is 4.90 Å². The molecule has 1 saturated heterocycles. The van der Waals surface area contributed by atoms with Crippen molar-refractivity contribution in [3.8, 4) is 5.75 Å². The van der Waals surface area contributed by atoms with Crippen LogP contribution in [-0.4, -0.2) is 34.6 Å². The van der Waals surface area contributed by atoms with E-state index in [-0.39, 0.29) is 11.5 Å². The van der Waals surface area contributed by atoms with Gasteiger partial charge in [-0.15, -0.1) is 0 Å². The molecule has 0 radical (unpaired) electrons. The third-order valence-corrected chi connectivity index (χ3v) is 5.14. The van der Waals surface area contributed by atoms with Crippen molar-refractivity contribution in [3.05, 3.63) is 65.7 Å². The predicted molar refractivity (Wildman–Crippen MR) is 102 cm³/mol. The van der Waals surface area contributed by atoms with Crippen LogP contribution in [0.5, 0.6) is 5.75 Å². The fourth-order valence-corrected chi connectivity index (χ4v) is 3.57. The summed E-state index contributed by atoms with van der Waals surface area (Å²) in [5.74, 6) is -0.447. The number of benzene rings is 2. The van der Waals surface area contributed by atoms with Crippen LogP contribution in [0.1, 0.15) is 37.8 Å². The van der Waals surface area contributed by atoms with Crippen molar-refractivity contribution in [2.45, 2.75) is 38.8 Å². The van der Waals surface area contributed by atoms with Gasteiger partial charge >= 0.3 is 5.97 Å². The van der Waals surface area contributed by atoms with Crippen molar-refractivity contribution >= 4 is 5.97 Å². The normalized spacial score (nSPS) is 20.9. The molecule has 0 unspecified atom stereocenters. The number of carboxylic acids is 1. The van der Waals surface area contributed by atoms with E-state index >= 15 is 0 Å². The van der Waals surface area contributed by atoms with Gasteiger partial charge in [-0.25, -0.2) is 0 Å². The zero-order valence-corrected chi connectivity index (χ0v) is 15.7. The number of hydrogen-bond donors (Lipinski definition) is 1. The van der Waals surface area contributed by atoms with Gasteiger partial charge in [-0.2, -0.15) is 0 Å². The van der Waals surface area contributed by atoms with Crippen LogP contribution in [0, 0.1) is 5.92 Å². The van der Waals surface area contributed by atoms with E-state index in [9.17, 15) is 9.90 Å². The Morgan fingerprint density at radius 3 is 2.38 bits per heavy atom. The number of carboxylic acid groups (broad SMARTS) is 1. The summed E-state index contributed by atoms with van der Waals surface area (Å²) in [5.41, 5.74) is 2.03. The van der Waals surface area contributed by atoms with Crippen LogP contribution in [0.4, 0.5) is 0 Å². The van der Waals surface area contributed by atoms with Gasteiger partial charge in [-0.05, 0) is 38.0 Å². The zero-order chi connectivity index (χ0) is 18.7. The average Bonchev–Trinajstić information content (AvgIpc) is 3.07. The predicted octanol–water partition coefficient (Wildman–Crippen LogP) is 4.16. The molecule has 1 heterocycles. The molecular formula is C22H27NO3. The Labute approximate surface area is 155 Å². The van der Waals surface area contributed by atoms with E-state index in [4.69, 9.17) is 4.74 Å².